The molecular formula is C16H24N4O2S. The molecule has 2 saturated heterocycles. The lowest BCUT2D eigenvalue weighted by atomic mass is 9.77. The van der Waals surface area contributed by atoms with E-state index < -0.39 is 0 Å². The van der Waals surface area contributed by atoms with E-state index in [1.54, 1.807) is 24.0 Å². The SMILES string of the molecule is COC1(CC(=O)N2CC3CCC(C2)N3Cc2nncs2)CCC1. The summed E-state index contributed by atoms with van der Waals surface area (Å²) in [7, 11) is 1.75. The van der Waals surface area contributed by atoms with Gasteiger partial charge in [0.15, 0.2) is 0 Å². The van der Waals surface area contributed by atoms with E-state index >= 15 is 0 Å². The fourth-order valence-electron chi connectivity index (χ4n) is 4.28. The Labute approximate surface area is 140 Å². The van der Waals surface area contributed by atoms with E-state index in [0.717, 1.165) is 37.5 Å². The third-order valence-electron chi connectivity index (χ3n) is 5.88. The molecule has 0 spiro atoms. The number of amides is 1. The molecule has 3 heterocycles. The van der Waals surface area contributed by atoms with E-state index in [1.165, 1.54) is 19.3 Å². The van der Waals surface area contributed by atoms with Crippen LogP contribution in [-0.4, -0.2) is 63.8 Å². The summed E-state index contributed by atoms with van der Waals surface area (Å²) in [6.07, 6.45) is 6.16. The van der Waals surface area contributed by atoms with Gasteiger partial charge in [-0.3, -0.25) is 9.69 Å². The van der Waals surface area contributed by atoms with Gasteiger partial charge in [-0.25, -0.2) is 0 Å². The Morgan fingerprint density at radius 2 is 2.13 bits per heavy atom. The summed E-state index contributed by atoms with van der Waals surface area (Å²) < 4.78 is 5.62. The van der Waals surface area contributed by atoms with Crippen molar-refractivity contribution in [3.05, 3.63) is 10.5 Å². The monoisotopic (exact) mass is 336 g/mol. The summed E-state index contributed by atoms with van der Waals surface area (Å²) in [4.78, 5) is 17.3. The highest BCUT2D eigenvalue weighted by molar-refractivity contribution is 7.09. The minimum atomic E-state index is -0.167. The molecule has 2 atom stereocenters. The van der Waals surface area contributed by atoms with Gasteiger partial charge in [0.2, 0.25) is 5.91 Å². The zero-order valence-electron chi connectivity index (χ0n) is 13.6. The van der Waals surface area contributed by atoms with E-state index in [2.05, 4.69) is 20.0 Å². The molecular weight excluding hydrogens is 312 g/mol. The molecule has 2 bridgehead atoms. The van der Waals surface area contributed by atoms with E-state index in [4.69, 9.17) is 4.74 Å². The largest absolute Gasteiger partial charge is 0.378 e. The summed E-state index contributed by atoms with van der Waals surface area (Å²) in [6.45, 7) is 2.59. The summed E-state index contributed by atoms with van der Waals surface area (Å²) in [5, 5.41) is 9.18. The first kappa shape index (κ1) is 15.5. The molecule has 1 aromatic rings. The van der Waals surface area contributed by atoms with Crippen LogP contribution in [0, 0.1) is 0 Å². The molecule has 0 radical (unpaired) electrons. The molecule has 1 aromatic heterocycles. The second-order valence-corrected chi connectivity index (χ2v) is 8.02. The molecule has 3 aliphatic rings. The van der Waals surface area contributed by atoms with Crippen molar-refractivity contribution in [2.45, 2.75) is 62.8 Å². The van der Waals surface area contributed by atoms with Gasteiger partial charge in [-0.2, -0.15) is 0 Å². The zero-order chi connectivity index (χ0) is 15.9. The number of carbonyl (C=O) groups is 1. The van der Waals surface area contributed by atoms with Crippen molar-refractivity contribution in [1.29, 1.82) is 0 Å². The first-order valence-electron chi connectivity index (χ1n) is 8.53. The topological polar surface area (TPSA) is 58.6 Å². The fourth-order valence-corrected chi connectivity index (χ4v) is 4.82. The Morgan fingerprint density at radius 1 is 1.39 bits per heavy atom. The maximum Gasteiger partial charge on any atom is 0.225 e. The minimum absolute atomic E-state index is 0.167. The number of hydrogen-bond acceptors (Lipinski definition) is 6. The first-order chi connectivity index (χ1) is 11.2. The molecule has 4 rings (SSSR count). The van der Waals surface area contributed by atoms with Crippen LogP contribution < -0.4 is 0 Å². The van der Waals surface area contributed by atoms with Crippen molar-refractivity contribution in [3.8, 4) is 0 Å². The van der Waals surface area contributed by atoms with Gasteiger partial charge < -0.3 is 9.64 Å². The number of aromatic nitrogens is 2. The normalized spacial score (nSPS) is 29.5. The number of hydrogen-bond donors (Lipinski definition) is 0. The number of ether oxygens (including phenoxy) is 1. The van der Waals surface area contributed by atoms with Crippen LogP contribution in [0.3, 0.4) is 0 Å². The van der Waals surface area contributed by atoms with E-state index in [0.29, 0.717) is 18.5 Å². The lowest BCUT2D eigenvalue weighted by Gasteiger charge is -2.44. The number of rotatable bonds is 5. The lowest BCUT2D eigenvalue weighted by Crippen LogP contribution is -2.56. The molecule has 3 fully saturated rings. The maximum absolute atomic E-state index is 12.7. The molecule has 23 heavy (non-hydrogen) atoms. The van der Waals surface area contributed by atoms with Crippen LogP contribution in [0.4, 0.5) is 0 Å². The highest BCUT2D eigenvalue weighted by Crippen LogP contribution is 2.39. The van der Waals surface area contributed by atoms with Gasteiger partial charge in [0, 0.05) is 32.3 Å². The van der Waals surface area contributed by atoms with Gasteiger partial charge in [-0.15, -0.1) is 21.5 Å². The average Bonchev–Trinajstić information content (AvgIpc) is 3.09. The second-order valence-electron chi connectivity index (χ2n) is 7.11. The van der Waals surface area contributed by atoms with Gasteiger partial charge >= 0.3 is 0 Å². The van der Waals surface area contributed by atoms with Gasteiger partial charge in [0.25, 0.3) is 0 Å². The van der Waals surface area contributed by atoms with Crippen LogP contribution in [0.2, 0.25) is 0 Å². The van der Waals surface area contributed by atoms with Gasteiger partial charge in [-0.1, -0.05) is 0 Å². The van der Waals surface area contributed by atoms with E-state index in [1.807, 2.05) is 0 Å². The average molecular weight is 336 g/mol. The van der Waals surface area contributed by atoms with Gasteiger partial charge in [-0.05, 0) is 32.1 Å². The predicted molar refractivity (Wildman–Crippen MR) is 87.1 cm³/mol. The van der Waals surface area contributed by atoms with E-state index in [-0.39, 0.29) is 11.5 Å². The van der Waals surface area contributed by atoms with Crippen molar-refractivity contribution < 1.29 is 9.53 Å². The summed E-state index contributed by atoms with van der Waals surface area (Å²) in [5.41, 5.74) is 1.62. The maximum atomic E-state index is 12.7. The number of methoxy groups -OCH3 is 1. The van der Waals surface area contributed by atoms with Gasteiger partial charge in [0.05, 0.1) is 18.6 Å². The standard InChI is InChI=1S/C16H24N4O2S/c1-22-16(5-2-6-16)7-15(21)19-8-12-3-4-13(9-19)20(12)10-14-18-17-11-23-14/h11-13H,2-10H2,1H3. The Bertz CT molecular complexity index is 541. The van der Waals surface area contributed by atoms with Crippen LogP contribution in [0.15, 0.2) is 5.51 Å². The number of carbonyl (C=O) groups excluding carboxylic acids is 1. The van der Waals surface area contributed by atoms with E-state index in [9.17, 15) is 4.79 Å². The Morgan fingerprint density at radius 3 is 2.65 bits per heavy atom. The lowest BCUT2D eigenvalue weighted by molar-refractivity contribution is -0.147. The first-order valence-corrected chi connectivity index (χ1v) is 9.41. The van der Waals surface area contributed by atoms with Crippen LogP contribution in [0.25, 0.3) is 0 Å². The van der Waals surface area contributed by atoms with Crippen molar-refractivity contribution >= 4 is 17.2 Å². The molecule has 2 unspecified atom stereocenters. The fraction of sp³-hybridized carbons (Fsp3) is 0.812. The van der Waals surface area contributed by atoms with Crippen LogP contribution in [0.5, 0.6) is 0 Å². The highest BCUT2D eigenvalue weighted by Gasteiger charge is 2.44. The Hall–Kier alpha value is -1.05. The van der Waals surface area contributed by atoms with Crippen molar-refractivity contribution in [2.24, 2.45) is 0 Å². The molecule has 1 amide bonds. The third kappa shape index (κ3) is 2.90. The molecule has 6 nitrogen and oxygen atoms in total. The highest BCUT2D eigenvalue weighted by atomic mass is 32.1. The second kappa shape index (κ2) is 6.11. The van der Waals surface area contributed by atoms with Crippen molar-refractivity contribution in [2.75, 3.05) is 20.2 Å². The van der Waals surface area contributed by atoms with Gasteiger partial charge in [0.1, 0.15) is 10.5 Å². The Balaban J connectivity index is 1.38. The smallest absolute Gasteiger partial charge is 0.225 e. The summed E-state index contributed by atoms with van der Waals surface area (Å²) >= 11 is 1.62. The molecule has 1 aliphatic carbocycles. The molecule has 2 aliphatic heterocycles. The molecule has 126 valence electrons. The summed E-state index contributed by atoms with van der Waals surface area (Å²) in [5.74, 6) is 0.277. The Kier molecular flexibility index (Phi) is 4.11. The minimum Gasteiger partial charge on any atom is -0.378 e. The number of nitrogens with zero attached hydrogens (tertiary/aromatic N) is 4. The zero-order valence-corrected chi connectivity index (χ0v) is 14.4. The van der Waals surface area contributed by atoms with Crippen LogP contribution >= 0.6 is 11.3 Å². The third-order valence-corrected chi connectivity index (χ3v) is 6.56. The molecule has 7 heteroatoms. The number of piperazine rings is 1. The van der Waals surface area contributed by atoms with Crippen LogP contribution in [-0.2, 0) is 16.1 Å². The molecule has 0 N–H and O–H groups in total. The number of fused-ring (bicyclic) bond motifs is 2. The predicted octanol–water partition coefficient (Wildman–Crippen LogP) is 1.67. The summed E-state index contributed by atoms with van der Waals surface area (Å²) in [6, 6.07) is 0.947. The van der Waals surface area contributed by atoms with Crippen LogP contribution in [0.1, 0.15) is 43.5 Å². The quantitative estimate of drug-likeness (QED) is 0.819. The molecule has 0 aromatic carbocycles. The van der Waals surface area contributed by atoms with Crippen molar-refractivity contribution in [1.82, 2.24) is 20.0 Å². The molecule has 1 saturated carbocycles. The van der Waals surface area contributed by atoms with Crippen molar-refractivity contribution in [3.63, 3.8) is 0 Å². The number of likely N-dealkylation sites (tertiary alicyclic amines) is 1.